The van der Waals surface area contributed by atoms with Crippen molar-refractivity contribution < 1.29 is 14.3 Å². The van der Waals surface area contributed by atoms with Gasteiger partial charge in [-0.3, -0.25) is 9.59 Å². The third kappa shape index (κ3) is 3.21. The molecule has 1 aromatic rings. The van der Waals surface area contributed by atoms with E-state index in [1.165, 1.54) is 25.3 Å². The molecule has 0 fully saturated rings. The normalized spacial score (nSPS) is 9.18. The molecule has 17 heavy (non-hydrogen) atoms. The lowest BCUT2D eigenvalue weighted by Crippen LogP contribution is -2.14. The van der Waals surface area contributed by atoms with Gasteiger partial charge in [0.2, 0.25) is 11.8 Å². The highest BCUT2D eigenvalue weighted by atomic mass is 16.5. The highest BCUT2D eigenvalue weighted by molar-refractivity contribution is 5.98. The van der Waals surface area contributed by atoms with Crippen molar-refractivity contribution in [3.05, 3.63) is 23.8 Å². The number of nitrogens with two attached hydrogens (primary N) is 1. The average molecular weight is 233 g/mol. The quantitative estimate of drug-likeness (QED) is 0.796. The summed E-state index contributed by atoms with van der Waals surface area (Å²) >= 11 is 0. The van der Waals surface area contributed by atoms with Crippen LogP contribution in [-0.4, -0.2) is 18.9 Å². The first kappa shape index (κ1) is 12.5. The zero-order valence-corrected chi connectivity index (χ0v) is 9.19. The summed E-state index contributed by atoms with van der Waals surface area (Å²) in [6.07, 6.45) is -0.274. The van der Waals surface area contributed by atoms with Crippen molar-refractivity contribution in [3.63, 3.8) is 0 Å². The minimum absolute atomic E-state index is 0.248. The third-order valence-corrected chi connectivity index (χ3v) is 2.00. The molecule has 3 N–H and O–H groups in total. The molecule has 0 radical (unpaired) electrons. The van der Waals surface area contributed by atoms with Crippen LogP contribution in [0.1, 0.15) is 16.8 Å². The van der Waals surface area contributed by atoms with Crippen molar-refractivity contribution in [2.24, 2.45) is 5.73 Å². The van der Waals surface area contributed by atoms with Gasteiger partial charge in [-0.1, -0.05) is 0 Å². The second kappa shape index (κ2) is 5.51. The number of rotatable bonds is 4. The lowest BCUT2D eigenvalue weighted by atomic mass is 10.1. The van der Waals surface area contributed by atoms with Crippen LogP contribution < -0.4 is 15.8 Å². The molecule has 0 atom stereocenters. The Morgan fingerprint density at radius 2 is 2.24 bits per heavy atom. The second-order valence-electron chi connectivity index (χ2n) is 3.16. The van der Waals surface area contributed by atoms with Crippen LogP contribution in [0.2, 0.25) is 0 Å². The Morgan fingerprint density at radius 3 is 2.76 bits per heavy atom. The van der Waals surface area contributed by atoms with E-state index in [4.69, 9.17) is 15.7 Å². The fraction of sp³-hybridized carbons (Fsp3) is 0.182. The van der Waals surface area contributed by atoms with Gasteiger partial charge in [-0.25, -0.2) is 0 Å². The van der Waals surface area contributed by atoms with Crippen LogP contribution in [0, 0.1) is 11.3 Å². The molecule has 0 aromatic heterocycles. The number of hydrogen-bond donors (Lipinski definition) is 2. The summed E-state index contributed by atoms with van der Waals surface area (Å²) in [7, 11) is 1.43. The van der Waals surface area contributed by atoms with Gasteiger partial charge in [-0.2, -0.15) is 5.26 Å². The highest BCUT2D eigenvalue weighted by Crippen LogP contribution is 2.25. The van der Waals surface area contributed by atoms with Crippen molar-refractivity contribution in [3.8, 4) is 11.8 Å². The number of nitrogens with one attached hydrogen (secondary N) is 1. The van der Waals surface area contributed by atoms with Gasteiger partial charge in [0, 0.05) is 5.56 Å². The van der Waals surface area contributed by atoms with Crippen molar-refractivity contribution in [1.29, 1.82) is 5.26 Å². The number of nitriles is 1. The molecule has 6 heteroatoms. The van der Waals surface area contributed by atoms with Gasteiger partial charge in [-0.05, 0) is 18.2 Å². The number of amides is 2. The monoisotopic (exact) mass is 233 g/mol. The number of carbonyl (C=O) groups is 2. The van der Waals surface area contributed by atoms with Gasteiger partial charge < -0.3 is 15.8 Å². The van der Waals surface area contributed by atoms with Gasteiger partial charge in [0.1, 0.15) is 12.2 Å². The van der Waals surface area contributed by atoms with E-state index in [0.29, 0.717) is 11.4 Å². The number of hydrogen-bond acceptors (Lipinski definition) is 4. The first-order chi connectivity index (χ1) is 8.08. The molecule has 2 amide bonds. The van der Waals surface area contributed by atoms with E-state index in [1.807, 2.05) is 0 Å². The molecule has 0 spiro atoms. The van der Waals surface area contributed by atoms with Crippen LogP contribution in [0.15, 0.2) is 18.2 Å². The zero-order valence-electron chi connectivity index (χ0n) is 9.19. The molecule has 1 rings (SSSR count). The third-order valence-electron chi connectivity index (χ3n) is 2.00. The Labute approximate surface area is 98.0 Å². The Balaban J connectivity index is 3.02. The van der Waals surface area contributed by atoms with Gasteiger partial charge >= 0.3 is 0 Å². The van der Waals surface area contributed by atoms with E-state index in [1.54, 1.807) is 6.07 Å². The number of methoxy groups -OCH3 is 1. The largest absolute Gasteiger partial charge is 0.495 e. The van der Waals surface area contributed by atoms with Crippen LogP contribution in [0.4, 0.5) is 5.69 Å². The summed E-state index contributed by atoms with van der Waals surface area (Å²) in [5.74, 6) is -0.697. The van der Waals surface area contributed by atoms with Gasteiger partial charge in [0.25, 0.3) is 0 Å². The lowest BCUT2D eigenvalue weighted by Gasteiger charge is -2.10. The molecule has 0 aliphatic rings. The molecule has 0 aliphatic heterocycles. The van der Waals surface area contributed by atoms with Gasteiger partial charge in [-0.15, -0.1) is 0 Å². The van der Waals surface area contributed by atoms with E-state index in [2.05, 4.69) is 5.32 Å². The molecule has 0 heterocycles. The smallest absolute Gasteiger partial charge is 0.248 e. The maximum atomic E-state index is 11.3. The molecule has 0 saturated heterocycles. The Hall–Kier alpha value is -2.55. The Kier molecular flexibility index (Phi) is 4.06. The predicted octanol–water partition coefficient (Wildman–Crippen LogP) is 0.646. The molecule has 0 unspecified atom stereocenters. The van der Waals surface area contributed by atoms with Gasteiger partial charge in [0.05, 0.1) is 18.9 Å². The number of anilines is 1. The second-order valence-corrected chi connectivity index (χ2v) is 3.16. The van der Waals surface area contributed by atoms with Gasteiger partial charge in [0.15, 0.2) is 0 Å². The van der Waals surface area contributed by atoms with Crippen LogP contribution in [0.5, 0.6) is 5.75 Å². The van der Waals surface area contributed by atoms with Crippen molar-refractivity contribution >= 4 is 17.5 Å². The molecule has 6 nitrogen and oxygen atoms in total. The number of carbonyl (C=O) groups excluding carboxylic acids is 2. The van der Waals surface area contributed by atoms with Crippen LogP contribution in [-0.2, 0) is 4.79 Å². The van der Waals surface area contributed by atoms with E-state index >= 15 is 0 Å². The zero-order chi connectivity index (χ0) is 12.8. The first-order valence-electron chi connectivity index (χ1n) is 4.73. The van der Waals surface area contributed by atoms with E-state index in [0.717, 1.165) is 0 Å². The molecule has 1 aromatic carbocycles. The summed E-state index contributed by atoms with van der Waals surface area (Å²) in [6, 6.07) is 6.12. The van der Waals surface area contributed by atoms with Crippen LogP contribution in [0.25, 0.3) is 0 Å². The summed E-state index contributed by atoms with van der Waals surface area (Å²) in [4.78, 5) is 22.2. The maximum Gasteiger partial charge on any atom is 0.248 e. The minimum Gasteiger partial charge on any atom is -0.495 e. The van der Waals surface area contributed by atoms with Crippen molar-refractivity contribution in [2.45, 2.75) is 6.42 Å². The Morgan fingerprint density at radius 1 is 1.53 bits per heavy atom. The lowest BCUT2D eigenvalue weighted by molar-refractivity contribution is -0.115. The number of nitrogens with zero attached hydrogens (tertiary/aromatic N) is 1. The fourth-order valence-corrected chi connectivity index (χ4v) is 1.23. The molecule has 0 saturated carbocycles. The maximum absolute atomic E-state index is 11.3. The topological polar surface area (TPSA) is 105 Å². The average Bonchev–Trinajstić information content (AvgIpc) is 2.29. The number of benzene rings is 1. The molecule has 0 aliphatic carbocycles. The summed E-state index contributed by atoms with van der Waals surface area (Å²) < 4.78 is 5.01. The standard InChI is InChI=1S/C11H11N3O3/c1-17-9-3-2-7(11(13)16)6-8(9)14-10(15)4-5-12/h2-3,6H,4H2,1H3,(H2,13,16)(H,14,15). The van der Waals surface area contributed by atoms with E-state index in [-0.39, 0.29) is 12.0 Å². The number of ether oxygens (including phenoxy) is 1. The Bertz CT molecular complexity index is 491. The fourth-order valence-electron chi connectivity index (χ4n) is 1.23. The summed E-state index contributed by atoms with van der Waals surface area (Å²) in [5.41, 5.74) is 5.68. The van der Waals surface area contributed by atoms with Crippen molar-refractivity contribution in [1.82, 2.24) is 0 Å². The van der Waals surface area contributed by atoms with Crippen molar-refractivity contribution in [2.75, 3.05) is 12.4 Å². The summed E-state index contributed by atoms with van der Waals surface area (Å²) in [6.45, 7) is 0. The van der Waals surface area contributed by atoms with E-state index < -0.39 is 11.8 Å². The molecular formula is C11H11N3O3. The molecule has 0 bridgehead atoms. The molecule has 88 valence electrons. The van der Waals surface area contributed by atoms with E-state index in [9.17, 15) is 9.59 Å². The van der Waals surface area contributed by atoms with Crippen LogP contribution >= 0.6 is 0 Å². The predicted molar refractivity (Wildman–Crippen MR) is 60.4 cm³/mol. The first-order valence-corrected chi connectivity index (χ1v) is 4.73. The summed E-state index contributed by atoms with van der Waals surface area (Å²) in [5, 5.41) is 10.8. The number of primary amides is 1. The molecular weight excluding hydrogens is 222 g/mol. The SMILES string of the molecule is COc1ccc(C(N)=O)cc1NC(=O)CC#N. The highest BCUT2D eigenvalue weighted by Gasteiger charge is 2.10. The minimum atomic E-state index is -0.608. The van der Waals surface area contributed by atoms with Crippen LogP contribution in [0.3, 0.4) is 0 Å².